The highest BCUT2D eigenvalue weighted by molar-refractivity contribution is 5.75. The van der Waals surface area contributed by atoms with Crippen LogP contribution in [0, 0.1) is 11.3 Å². The summed E-state index contributed by atoms with van der Waals surface area (Å²) >= 11 is 0. The molecule has 1 amide bonds. The van der Waals surface area contributed by atoms with Gasteiger partial charge in [-0.3, -0.25) is 9.20 Å². The van der Waals surface area contributed by atoms with Crippen molar-refractivity contribution in [3.63, 3.8) is 0 Å². The first-order valence-electron chi connectivity index (χ1n) is 7.71. The first-order valence-corrected chi connectivity index (χ1v) is 7.71. The van der Waals surface area contributed by atoms with Gasteiger partial charge in [-0.25, -0.2) is 9.48 Å². The summed E-state index contributed by atoms with van der Waals surface area (Å²) in [5, 5.41) is 17.1. The number of rotatable bonds is 6. The highest BCUT2D eigenvalue weighted by atomic mass is 16.3. The first-order chi connectivity index (χ1) is 10.7. The van der Waals surface area contributed by atoms with Crippen LogP contribution in [-0.4, -0.2) is 37.8 Å². The minimum Gasteiger partial charge on any atom is -0.392 e. The van der Waals surface area contributed by atoms with E-state index in [1.807, 2.05) is 27.7 Å². The maximum atomic E-state index is 12.1. The third-order valence-electron chi connectivity index (χ3n) is 3.96. The molecule has 0 aromatic carbocycles. The summed E-state index contributed by atoms with van der Waals surface area (Å²) in [4.78, 5) is 24.2. The van der Waals surface area contributed by atoms with Crippen molar-refractivity contribution in [3.8, 4) is 0 Å². The van der Waals surface area contributed by atoms with E-state index >= 15 is 0 Å². The minimum absolute atomic E-state index is 0.1000. The molecule has 2 rings (SSSR count). The van der Waals surface area contributed by atoms with Crippen LogP contribution < -0.4 is 11.0 Å². The molecule has 126 valence electrons. The summed E-state index contributed by atoms with van der Waals surface area (Å²) in [5.74, 6) is -0.206. The molecule has 1 atom stereocenters. The number of aliphatic hydroxyl groups is 1. The van der Waals surface area contributed by atoms with Gasteiger partial charge in [0.25, 0.3) is 0 Å². The Morgan fingerprint density at radius 1 is 1.39 bits per heavy atom. The zero-order valence-electron chi connectivity index (χ0n) is 14.0. The standard InChI is InChI=1S/C16H24N4O3/c1-11(2)14(22)16(3,4)10-17-13(21)9-20-15(23)19-8-6-5-7-12(19)18-20/h5-8,11,14,22H,9-10H2,1-4H3,(H,17,21). The Bertz CT molecular complexity index is 745. The van der Waals surface area contributed by atoms with Crippen LogP contribution in [0.15, 0.2) is 29.2 Å². The number of hydrogen-bond donors (Lipinski definition) is 2. The number of pyridine rings is 1. The van der Waals surface area contributed by atoms with Gasteiger partial charge in [-0.05, 0) is 18.1 Å². The van der Waals surface area contributed by atoms with Gasteiger partial charge in [0.15, 0.2) is 5.65 Å². The SMILES string of the molecule is CC(C)C(O)C(C)(C)CNC(=O)Cn1nc2ccccn2c1=O. The number of carbonyl (C=O) groups excluding carboxylic acids is 1. The Morgan fingerprint density at radius 2 is 2.09 bits per heavy atom. The molecule has 7 nitrogen and oxygen atoms in total. The van der Waals surface area contributed by atoms with E-state index in [9.17, 15) is 14.7 Å². The van der Waals surface area contributed by atoms with Crippen molar-refractivity contribution in [1.29, 1.82) is 0 Å². The van der Waals surface area contributed by atoms with E-state index in [2.05, 4.69) is 10.4 Å². The quantitative estimate of drug-likeness (QED) is 0.818. The number of carbonyl (C=O) groups is 1. The number of hydrogen-bond acceptors (Lipinski definition) is 4. The second kappa shape index (κ2) is 6.54. The number of aliphatic hydroxyl groups excluding tert-OH is 1. The van der Waals surface area contributed by atoms with Gasteiger partial charge in [0, 0.05) is 18.2 Å². The van der Waals surface area contributed by atoms with E-state index in [1.54, 1.807) is 24.4 Å². The Balaban J connectivity index is 2.02. The summed E-state index contributed by atoms with van der Waals surface area (Å²) < 4.78 is 2.52. The highest BCUT2D eigenvalue weighted by Crippen LogP contribution is 2.24. The second-order valence-electron chi connectivity index (χ2n) is 6.82. The maximum Gasteiger partial charge on any atom is 0.350 e. The Morgan fingerprint density at radius 3 is 2.70 bits per heavy atom. The van der Waals surface area contributed by atoms with Crippen LogP contribution in [0.5, 0.6) is 0 Å². The molecule has 7 heteroatoms. The van der Waals surface area contributed by atoms with Gasteiger partial charge in [0.2, 0.25) is 5.91 Å². The molecule has 0 saturated heterocycles. The summed E-state index contributed by atoms with van der Waals surface area (Å²) in [7, 11) is 0. The Hall–Kier alpha value is -2.15. The fraction of sp³-hybridized carbons (Fsp3) is 0.562. The second-order valence-corrected chi connectivity index (χ2v) is 6.82. The Kier molecular flexibility index (Phi) is 4.89. The maximum absolute atomic E-state index is 12.1. The van der Waals surface area contributed by atoms with Crippen LogP contribution in [-0.2, 0) is 11.3 Å². The molecule has 0 aliphatic carbocycles. The third-order valence-corrected chi connectivity index (χ3v) is 3.96. The summed E-state index contributed by atoms with van der Waals surface area (Å²) in [6.45, 7) is 7.85. The molecule has 0 spiro atoms. The molecule has 23 heavy (non-hydrogen) atoms. The lowest BCUT2D eigenvalue weighted by Gasteiger charge is -2.33. The van der Waals surface area contributed by atoms with E-state index in [0.717, 1.165) is 4.68 Å². The van der Waals surface area contributed by atoms with E-state index in [0.29, 0.717) is 12.2 Å². The minimum atomic E-state index is -0.527. The predicted molar refractivity (Wildman–Crippen MR) is 87.1 cm³/mol. The van der Waals surface area contributed by atoms with Crippen LogP contribution in [0.3, 0.4) is 0 Å². The fourth-order valence-electron chi connectivity index (χ4n) is 2.60. The van der Waals surface area contributed by atoms with Gasteiger partial charge in [0.1, 0.15) is 6.54 Å². The van der Waals surface area contributed by atoms with Crippen LogP contribution in [0.4, 0.5) is 0 Å². The van der Waals surface area contributed by atoms with E-state index in [1.165, 1.54) is 4.40 Å². The van der Waals surface area contributed by atoms with Crippen LogP contribution in [0.1, 0.15) is 27.7 Å². The van der Waals surface area contributed by atoms with Crippen LogP contribution in [0.2, 0.25) is 0 Å². The lowest BCUT2D eigenvalue weighted by Crippen LogP contribution is -2.44. The molecule has 2 heterocycles. The van der Waals surface area contributed by atoms with E-state index in [-0.39, 0.29) is 24.1 Å². The zero-order valence-corrected chi connectivity index (χ0v) is 14.0. The first kappa shape index (κ1) is 17.2. The number of nitrogens with zero attached hydrogens (tertiary/aromatic N) is 3. The average molecular weight is 320 g/mol. The van der Waals surface area contributed by atoms with Crippen molar-refractivity contribution in [2.75, 3.05) is 6.54 Å². The molecule has 0 aliphatic heterocycles. The van der Waals surface area contributed by atoms with Crippen molar-refractivity contribution in [1.82, 2.24) is 19.5 Å². The monoisotopic (exact) mass is 320 g/mol. The average Bonchev–Trinajstić information content (AvgIpc) is 2.81. The molecule has 2 aromatic heterocycles. The van der Waals surface area contributed by atoms with Gasteiger partial charge in [0.05, 0.1) is 6.10 Å². The van der Waals surface area contributed by atoms with Crippen molar-refractivity contribution in [2.45, 2.75) is 40.3 Å². The zero-order chi connectivity index (χ0) is 17.2. The van der Waals surface area contributed by atoms with Crippen molar-refractivity contribution < 1.29 is 9.90 Å². The summed E-state index contributed by atoms with van der Waals surface area (Å²) in [6.07, 6.45) is 1.09. The molecular formula is C16H24N4O3. The van der Waals surface area contributed by atoms with Crippen molar-refractivity contribution in [2.24, 2.45) is 11.3 Å². The topological polar surface area (TPSA) is 88.6 Å². The van der Waals surface area contributed by atoms with E-state index in [4.69, 9.17) is 0 Å². The number of amides is 1. The molecule has 0 aliphatic rings. The number of nitrogens with one attached hydrogen (secondary N) is 1. The number of aromatic nitrogens is 3. The smallest absolute Gasteiger partial charge is 0.350 e. The van der Waals surface area contributed by atoms with Crippen molar-refractivity contribution >= 4 is 11.6 Å². The lowest BCUT2D eigenvalue weighted by atomic mass is 9.81. The van der Waals surface area contributed by atoms with E-state index < -0.39 is 11.5 Å². The normalized spacial score (nSPS) is 13.5. The fourth-order valence-corrected chi connectivity index (χ4v) is 2.60. The molecular weight excluding hydrogens is 296 g/mol. The van der Waals surface area contributed by atoms with Crippen molar-refractivity contribution in [3.05, 3.63) is 34.9 Å². The largest absolute Gasteiger partial charge is 0.392 e. The third kappa shape index (κ3) is 3.79. The van der Waals surface area contributed by atoms with Crippen LogP contribution in [0.25, 0.3) is 5.65 Å². The predicted octanol–water partition coefficient (Wildman–Crippen LogP) is 0.655. The molecule has 0 radical (unpaired) electrons. The van der Waals surface area contributed by atoms with Gasteiger partial charge in [-0.1, -0.05) is 33.8 Å². The number of fused-ring (bicyclic) bond motifs is 1. The molecule has 2 aromatic rings. The molecule has 0 fully saturated rings. The molecule has 2 N–H and O–H groups in total. The lowest BCUT2D eigenvalue weighted by molar-refractivity contribution is -0.122. The van der Waals surface area contributed by atoms with Crippen LogP contribution >= 0.6 is 0 Å². The van der Waals surface area contributed by atoms with Gasteiger partial charge >= 0.3 is 5.69 Å². The Labute approximate surface area is 134 Å². The summed E-state index contributed by atoms with van der Waals surface area (Å²) in [5.41, 5.74) is -0.300. The molecule has 0 bridgehead atoms. The van der Waals surface area contributed by atoms with Gasteiger partial charge in [-0.15, -0.1) is 5.10 Å². The summed E-state index contributed by atoms with van der Waals surface area (Å²) in [6, 6.07) is 5.22. The molecule has 1 unspecified atom stereocenters. The van der Waals surface area contributed by atoms with Gasteiger partial charge in [-0.2, -0.15) is 0 Å². The van der Waals surface area contributed by atoms with Gasteiger partial charge < -0.3 is 10.4 Å². The highest BCUT2D eigenvalue weighted by Gasteiger charge is 2.30. The molecule has 0 saturated carbocycles.